The van der Waals surface area contributed by atoms with E-state index in [0.717, 1.165) is 13.2 Å². The highest BCUT2D eigenvalue weighted by atomic mass is 19.4. The summed E-state index contributed by atoms with van der Waals surface area (Å²) in [6.45, 7) is 0. The first-order chi connectivity index (χ1) is 10.2. The molecule has 1 aromatic carbocycles. The maximum Gasteiger partial charge on any atom is 0.471 e. The molecule has 1 atom stereocenters. The van der Waals surface area contributed by atoms with Gasteiger partial charge in [-0.1, -0.05) is 0 Å². The molecule has 1 aliphatic rings. The fraction of sp³-hybridized carbons (Fsp3) is 0.385. The predicted molar refractivity (Wildman–Crippen MR) is 63.5 cm³/mol. The molecule has 0 aromatic heterocycles. The average molecular weight is 323 g/mol. The number of fused-ring (bicyclic) bond motifs is 1. The number of hydrogen-bond acceptors (Lipinski definition) is 3. The first-order valence-corrected chi connectivity index (χ1v) is 6.13. The summed E-state index contributed by atoms with van der Waals surface area (Å²) in [5, 5.41) is 1.55. The second kappa shape index (κ2) is 5.54. The van der Waals surface area contributed by atoms with E-state index in [2.05, 4.69) is 4.74 Å². The first-order valence-electron chi connectivity index (χ1n) is 6.13. The van der Waals surface area contributed by atoms with Crippen LogP contribution in [0.25, 0.3) is 0 Å². The summed E-state index contributed by atoms with van der Waals surface area (Å²) < 4.78 is 68.6. The lowest BCUT2D eigenvalue weighted by atomic mass is 9.86. The second-order valence-corrected chi connectivity index (χ2v) is 4.66. The molecule has 0 heterocycles. The van der Waals surface area contributed by atoms with Gasteiger partial charge in [-0.25, -0.2) is 4.39 Å². The molecule has 1 unspecified atom stereocenters. The molecule has 9 heteroatoms. The van der Waals surface area contributed by atoms with Crippen LogP contribution in [-0.2, 0) is 11.2 Å². The van der Waals surface area contributed by atoms with Gasteiger partial charge in [-0.15, -0.1) is 0 Å². The molecule has 0 radical (unpaired) electrons. The van der Waals surface area contributed by atoms with E-state index in [4.69, 9.17) is 0 Å². The predicted octanol–water partition coefficient (Wildman–Crippen LogP) is 2.15. The van der Waals surface area contributed by atoms with Crippen molar-refractivity contribution in [1.82, 2.24) is 5.32 Å². The van der Waals surface area contributed by atoms with Crippen LogP contribution in [0.5, 0.6) is 5.75 Å². The Balaban J connectivity index is 2.34. The Hall–Kier alpha value is -2.19. The van der Waals surface area contributed by atoms with E-state index < -0.39 is 41.3 Å². The number of benzene rings is 1. The summed E-state index contributed by atoms with van der Waals surface area (Å²) in [5.74, 6) is -6.26. The number of nitrogens with one attached hydrogen (secondary N) is 1. The maximum atomic E-state index is 13.8. The quantitative estimate of drug-likeness (QED) is 0.849. The van der Waals surface area contributed by atoms with Crippen LogP contribution in [0.3, 0.4) is 0 Å². The fourth-order valence-electron chi connectivity index (χ4n) is 2.24. The molecule has 1 N–H and O–H groups in total. The van der Waals surface area contributed by atoms with Crippen LogP contribution < -0.4 is 10.1 Å². The van der Waals surface area contributed by atoms with Crippen molar-refractivity contribution in [1.29, 1.82) is 0 Å². The van der Waals surface area contributed by atoms with Crippen molar-refractivity contribution in [3.05, 3.63) is 28.8 Å². The second-order valence-electron chi connectivity index (χ2n) is 4.66. The van der Waals surface area contributed by atoms with E-state index >= 15 is 0 Å². The van der Waals surface area contributed by atoms with Crippen molar-refractivity contribution in [2.75, 3.05) is 7.11 Å². The van der Waals surface area contributed by atoms with Gasteiger partial charge in [0.1, 0.15) is 0 Å². The summed E-state index contributed by atoms with van der Waals surface area (Å²) in [4.78, 5) is 23.0. The van der Waals surface area contributed by atoms with E-state index in [0.29, 0.717) is 0 Å². The molecule has 1 aromatic rings. The van der Waals surface area contributed by atoms with Crippen LogP contribution in [-0.4, -0.2) is 31.0 Å². The van der Waals surface area contributed by atoms with Gasteiger partial charge in [-0.3, -0.25) is 9.59 Å². The lowest BCUT2D eigenvalue weighted by Crippen LogP contribution is -2.48. The Bertz CT molecular complexity index is 642. The minimum absolute atomic E-state index is 0.184. The van der Waals surface area contributed by atoms with Crippen LogP contribution in [0.2, 0.25) is 0 Å². The Kier molecular flexibility index (Phi) is 4.08. The van der Waals surface area contributed by atoms with Gasteiger partial charge in [0.15, 0.2) is 17.3 Å². The van der Waals surface area contributed by atoms with E-state index in [-0.39, 0.29) is 24.0 Å². The number of ketones is 1. The molecule has 0 aliphatic heterocycles. The van der Waals surface area contributed by atoms with Gasteiger partial charge in [0, 0.05) is 11.1 Å². The molecular weight excluding hydrogens is 313 g/mol. The summed E-state index contributed by atoms with van der Waals surface area (Å²) in [5.41, 5.74) is -0.532. The molecular formula is C13H10F5NO3. The number of rotatable bonds is 2. The lowest BCUT2D eigenvalue weighted by molar-refractivity contribution is -0.174. The minimum atomic E-state index is -5.13. The van der Waals surface area contributed by atoms with E-state index in [1.165, 1.54) is 0 Å². The average Bonchev–Trinajstić information content (AvgIpc) is 2.44. The number of halogens is 5. The number of amides is 1. The fourth-order valence-corrected chi connectivity index (χ4v) is 2.24. The summed E-state index contributed by atoms with van der Waals surface area (Å²) in [7, 11) is 1.06. The number of methoxy groups -OCH3 is 1. The molecule has 2 rings (SSSR count). The van der Waals surface area contributed by atoms with Crippen LogP contribution >= 0.6 is 0 Å². The molecule has 120 valence electrons. The zero-order valence-electron chi connectivity index (χ0n) is 11.2. The molecule has 0 spiro atoms. The van der Waals surface area contributed by atoms with Crippen molar-refractivity contribution < 1.29 is 36.3 Å². The first kappa shape index (κ1) is 16.2. The SMILES string of the molecule is COc1cc2c(c(F)c1F)CCC(NC(=O)C(F)(F)F)C2=O. The topological polar surface area (TPSA) is 55.4 Å². The highest BCUT2D eigenvalue weighted by Gasteiger charge is 2.42. The summed E-state index contributed by atoms with van der Waals surface area (Å²) in [6.07, 6.45) is -5.57. The third-order valence-electron chi connectivity index (χ3n) is 3.32. The van der Waals surface area contributed by atoms with E-state index in [1.54, 1.807) is 5.32 Å². The van der Waals surface area contributed by atoms with Gasteiger partial charge < -0.3 is 10.1 Å². The van der Waals surface area contributed by atoms with Crippen molar-refractivity contribution in [3.63, 3.8) is 0 Å². The standard InChI is InChI=1S/C13H10F5NO3/c1-22-8-4-6-5(9(14)10(8)15)2-3-7(11(6)20)19-12(21)13(16,17)18/h4,7H,2-3H2,1H3,(H,19,21). The molecule has 1 amide bonds. The highest BCUT2D eigenvalue weighted by Crippen LogP contribution is 2.31. The zero-order chi connectivity index (χ0) is 16.7. The summed E-state index contributed by atoms with van der Waals surface area (Å²) >= 11 is 0. The van der Waals surface area contributed by atoms with Crippen molar-refractivity contribution in [2.45, 2.75) is 25.1 Å². The Morgan fingerprint density at radius 2 is 1.95 bits per heavy atom. The molecule has 4 nitrogen and oxygen atoms in total. The Morgan fingerprint density at radius 3 is 2.50 bits per heavy atom. The van der Waals surface area contributed by atoms with Crippen LogP contribution in [0.15, 0.2) is 6.07 Å². The number of Topliss-reactive ketones (excluding diaryl/α,β-unsaturated/α-hetero) is 1. The van der Waals surface area contributed by atoms with Gasteiger partial charge in [0.25, 0.3) is 0 Å². The largest absolute Gasteiger partial charge is 0.494 e. The molecule has 0 bridgehead atoms. The van der Waals surface area contributed by atoms with Gasteiger partial charge >= 0.3 is 12.1 Å². The lowest BCUT2D eigenvalue weighted by Gasteiger charge is -2.25. The van der Waals surface area contributed by atoms with Crippen molar-refractivity contribution in [3.8, 4) is 5.75 Å². The number of alkyl halides is 3. The number of ether oxygens (including phenoxy) is 1. The summed E-state index contributed by atoms with van der Waals surface area (Å²) in [6, 6.07) is -0.529. The van der Waals surface area contributed by atoms with Gasteiger partial charge in [-0.2, -0.15) is 17.6 Å². The maximum absolute atomic E-state index is 13.8. The minimum Gasteiger partial charge on any atom is -0.494 e. The molecule has 22 heavy (non-hydrogen) atoms. The van der Waals surface area contributed by atoms with Crippen molar-refractivity contribution >= 4 is 11.7 Å². The number of carbonyl (C=O) groups excluding carboxylic acids is 2. The van der Waals surface area contributed by atoms with E-state index in [1.807, 2.05) is 0 Å². The van der Waals surface area contributed by atoms with Gasteiger partial charge in [0.05, 0.1) is 13.2 Å². The zero-order valence-corrected chi connectivity index (χ0v) is 11.2. The Morgan fingerprint density at radius 1 is 1.32 bits per heavy atom. The van der Waals surface area contributed by atoms with Gasteiger partial charge in [-0.05, 0) is 18.9 Å². The van der Waals surface area contributed by atoms with E-state index in [9.17, 15) is 31.5 Å². The van der Waals surface area contributed by atoms with Crippen LogP contribution in [0.4, 0.5) is 22.0 Å². The monoisotopic (exact) mass is 323 g/mol. The Labute approximate surface area is 121 Å². The highest BCUT2D eigenvalue weighted by molar-refractivity contribution is 6.04. The molecule has 0 saturated carbocycles. The van der Waals surface area contributed by atoms with Crippen LogP contribution in [0.1, 0.15) is 22.3 Å². The van der Waals surface area contributed by atoms with Crippen molar-refractivity contribution in [2.24, 2.45) is 0 Å². The van der Waals surface area contributed by atoms with Gasteiger partial charge in [0.2, 0.25) is 5.82 Å². The third kappa shape index (κ3) is 2.75. The molecule has 1 aliphatic carbocycles. The third-order valence-corrected chi connectivity index (χ3v) is 3.32. The number of carbonyl (C=O) groups is 2. The van der Waals surface area contributed by atoms with Crippen LogP contribution in [0, 0.1) is 11.6 Å². The number of hydrogen-bond donors (Lipinski definition) is 1. The normalized spacial score (nSPS) is 17.9. The smallest absolute Gasteiger partial charge is 0.471 e. The molecule has 0 saturated heterocycles. The molecule has 0 fully saturated rings.